The quantitative estimate of drug-likeness (QED) is 0.428. The summed E-state index contributed by atoms with van der Waals surface area (Å²) in [6.45, 7) is 10.2. The van der Waals surface area contributed by atoms with Gasteiger partial charge in [0.05, 0.1) is 0 Å². The lowest BCUT2D eigenvalue weighted by Crippen LogP contribution is -2.33. The van der Waals surface area contributed by atoms with E-state index in [2.05, 4.69) is 74.0 Å². The van der Waals surface area contributed by atoms with Crippen LogP contribution in [0.2, 0.25) is 0 Å². The molecule has 174 valence electrons. The normalized spacial score (nSPS) is 17.6. The van der Waals surface area contributed by atoms with E-state index in [9.17, 15) is 0 Å². The summed E-state index contributed by atoms with van der Waals surface area (Å²) in [5.41, 5.74) is 4.99. The SMILES string of the molecule is CCCCN1COc2c(cc(CN3CCCN(c4ccc(Br)cc4)CC3)c3cccnc23)C1. The summed E-state index contributed by atoms with van der Waals surface area (Å²) in [5.74, 6) is 0.986. The van der Waals surface area contributed by atoms with E-state index in [1.807, 2.05) is 12.3 Å². The summed E-state index contributed by atoms with van der Waals surface area (Å²) in [6, 6.07) is 15.3. The topological polar surface area (TPSA) is 31.8 Å². The molecule has 0 unspecified atom stereocenters. The van der Waals surface area contributed by atoms with Gasteiger partial charge in [0, 0.05) is 73.1 Å². The van der Waals surface area contributed by atoms with Crippen LogP contribution < -0.4 is 9.64 Å². The zero-order valence-corrected chi connectivity index (χ0v) is 21.1. The van der Waals surface area contributed by atoms with Gasteiger partial charge in [-0.15, -0.1) is 0 Å². The molecule has 0 saturated carbocycles. The number of pyridine rings is 1. The Bertz CT molecular complexity index is 1090. The first-order valence-corrected chi connectivity index (χ1v) is 13.0. The van der Waals surface area contributed by atoms with Gasteiger partial charge >= 0.3 is 0 Å². The van der Waals surface area contributed by atoms with E-state index in [0.29, 0.717) is 6.73 Å². The van der Waals surface area contributed by atoms with Crippen LogP contribution in [0.1, 0.15) is 37.3 Å². The smallest absolute Gasteiger partial charge is 0.152 e. The Hall–Kier alpha value is -2.15. The van der Waals surface area contributed by atoms with E-state index in [4.69, 9.17) is 9.72 Å². The van der Waals surface area contributed by atoms with Gasteiger partial charge in [0.25, 0.3) is 0 Å². The highest BCUT2D eigenvalue weighted by Gasteiger charge is 2.23. The summed E-state index contributed by atoms with van der Waals surface area (Å²) in [5, 5.41) is 1.23. The second-order valence-corrected chi connectivity index (χ2v) is 10.1. The molecule has 1 fully saturated rings. The summed E-state index contributed by atoms with van der Waals surface area (Å²) >= 11 is 3.55. The lowest BCUT2D eigenvalue weighted by atomic mass is 10.0. The van der Waals surface area contributed by atoms with Gasteiger partial charge < -0.3 is 9.64 Å². The van der Waals surface area contributed by atoms with Crippen molar-refractivity contribution in [2.24, 2.45) is 0 Å². The molecule has 1 saturated heterocycles. The lowest BCUT2D eigenvalue weighted by Gasteiger charge is -2.30. The summed E-state index contributed by atoms with van der Waals surface area (Å²) < 4.78 is 7.35. The molecule has 3 heterocycles. The van der Waals surface area contributed by atoms with E-state index >= 15 is 0 Å². The molecule has 5 rings (SSSR count). The third-order valence-corrected chi connectivity index (χ3v) is 7.33. The van der Waals surface area contributed by atoms with Crippen LogP contribution in [-0.4, -0.2) is 54.2 Å². The minimum Gasteiger partial charge on any atom is -0.475 e. The molecular weight excluding hydrogens is 476 g/mol. The third kappa shape index (κ3) is 5.18. The molecule has 5 nitrogen and oxygen atoms in total. The highest BCUT2D eigenvalue weighted by Crippen LogP contribution is 2.35. The van der Waals surface area contributed by atoms with Crippen LogP contribution in [0.5, 0.6) is 5.75 Å². The van der Waals surface area contributed by atoms with Gasteiger partial charge in [0.1, 0.15) is 12.2 Å². The zero-order valence-electron chi connectivity index (χ0n) is 19.5. The Morgan fingerprint density at radius 1 is 1.03 bits per heavy atom. The van der Waals surface area contributed by atoms with E-state index in [0.717, 1.165) is 61.6 Å². The Labute approximate surface area is 205 Å². The first kappa shape index (κ1) is 22.6. The first-order valence-electron chi connectivity index (χ1n) is 12.2. The molecule has 2 aliphatic heterocycles. The second-order valence-electron chi connectivity index (χ2n) is 9.20. The highest BCUT2D eigenvalue weighted by atomic mass is 79.9. The fourth-order valence-corrected chi connectivity index (χ4v) is 5.27. The Morgan fingerprint density at radius 2 is 1.91 bits per heavy atom. The van der Waals surface area contributed by atoms with Gasteiger partial charge in [0.15, 0.2) is 5.75 Å². The van der Waals surface area contributed by atoms with Gasteiger partial charge in [-0.25, -0.2) is 0 Å². The number of fused-ring (bicyclic) bond motifs is 3. The molecular formula is C27H33BrN4O. The second kappa shape index (κ2) is 10.4. The van der Waals surface area contributed by atoms with Crippen LogP contribution in [0.25, 0.3) is 10.9 Å². The molecule has 0 N–H and O–H groups in total. The summed E-state index contributed by atoms with van der Waals surface area (Å²) in [4.78, 5) is 12.3. The molecule has 2 aliphatic rings. The minimum atomic E-state index is 0.663. The number of ether oxygens (including phenoxy) is 1. The molecule has 2 aromatic carbocycles. The maximum atomic E-state index is 6.22. The predicted octanol–water partition coefficient (Wildman–Crippen LogP) is 5.66. The van der Waals surface area contributed by atoms with Crippen molar-refractivity contribution in [2.75, 3.05) is 44.4 Å². The first-order chi connectivity index (χ1) is 16.2. The number of hydrogen-bond donors (Lipinski definition) is 0. The number of aromatic nitrogens is 1. The van der Waals surface area contributed by atoms with Crippen molar-refractivity contribution in [3.63, 3.8) is 0 Å². The van der Waals surface area contributed by atoms with Crippen molar-refractivity contribution in [3.05, 3.63) is 64.3 Å². The fraction of sp³-hybridized carbons (Fsp3) is 0.444. The highest BCUT2D eigenvalue weighted by molar-refractivity contribution is 9.10. The maximum absolute atomic E-state index is 6.22. The van der Waals surface area contributed by atoms with Gasteiger partial charge in [0.2, 0.25) is 0 Å². The molecule has 0 bridgehead atoms. The van der Waals surface area contributed by atoms with Crippen molar-refractivity contribution >= 4 is 32.5 Å². The zero-order chi connectivity index (χ0) is 22.6. The number of nitrogens with zero attached hydrogens (tertiary/aromatic N) is 4. The standard InChI is InChI=1S/C27H33BrN4O/c1-2-3-12-31-19-22-17-21(25-6-4-11-29-26(25)27(22)33-20-31)18-30-13-5-14-32(16-15-30)24-9-7-23(28)8-10-24/h4,6-11,17H,2-3,5,12-16,18-20H2,1H3. The lowest BCUT2D eigenvalue weighted by molar-refractivity contribution is 0.0954. The summed E-state index contributed by atoms with van der Waals surface area (Å²) in [6.07, 6.45) is 5.48. The van der Waals surface area contributed by atoms with Crippen LogP contribution in [0.15, 0.2) is 53.1 Å². The Balaban J connectivity index is 1.35. The molecule has 0 aliphatic carbocycles. The van der Waals surface area contributed by atoms with Crippen molar-refractivity contribution < 1.29 is 4.74 Å². The number of benzene rings is 2. The Morgan fingerprint density at radius 3 is 2.76 bits per heavy atom. The monoisotopic (exact) mass is 508 g/mol. The molecule has 1 aromatic heterocycles. The van der Waals surface area contributed by atoms with Crippen molar-refractivity contribution in [2.45, 2.75) is 39.3 Å². The molecule has 0 radical (unpaired) electrons. The average molecular weight is 509 g/mol. The van der Waals surface area contributed by atoms with Crippen LogP contribution in [0.4, 0.5) is 5.69 Å². The maximum Gasteiger partial charge on any atom is 0.152 e. The fourth-order valence-electron chi connectivity index (χ4n) is 5.01. The molecule has 0 amide bonds. The van der Waals surface area contributed by atoms with Crippen LogP contribution in [0, 0.1) is 0 Å². The molecule has 3 aromatic rings. The average Bonchev–Trinajstić information content (AvgIpc) is 3.09. The van der Waals surface area contributed by atoms with Crippen molar-refractivity contribution in [1.82, 2.24) is 14.8 Å². The van der Waals surface area contributed by atoms with E-state index in [-0.39, 0.29) is 0 Å². The predicted molar refractivity (Wildman–Crippen MR) is 139 cm³/mol. The van der Waals surface area contributed by atoms with Gasteiger partial charge in [-0.3, -0.25) is 14.8 Å². The number of halogens is 1. The van der Waals surface area contributed by atoms with E-state index < -0.39 is 0 Å². The molecule has 33 heavy (non-hydrogen) atoms. The molecule has 6 heteroatoms. The van der Waals surface area contributed by atoms with E-state index in [1.54, 1.807) is 0 Å². The summed E-state index contributed by atoms with van der Waals surface area (Å²) in [7, 11) is 0. The number of rotatable bonds is 6. The van der Waals surface area contributed by atoms with Crippen LogP contribution in [0.3, 0.4) is 0 Å². The van der Waals surface area contributed by atoms with Gasteiger partial charge in [-0.05, 0) is 54.8 Å². The van der Waals surface area contributed by atoms with E-state index in [1.165, 1.54) is 41.5 Å². The third-order valence-electron chi connectivity index (χ3n) is 6.80. The minimum absolute atomic E-state index is 0.663. The Kier molecular flexibility index (Phi) is 7.14. The van der Waals surface area contributed by atoms with Gasteiger partial charge in [-0.1, -0.05) is 35.3 Å². The van der Waals surface area contributed by atoms with Crippen molar-refractivity contribution in [1.29, 1.82) is 0 Å². The molecule has 0 atom stereocenters. The number of unbranched alkanes of at least 4 members (excludes halogenated alkanes) is 1. The number of anilines is 1. The molecule has 0 spiro atoms. The van der Waals surface area contributed by atoms with Crippen LogP contribution in [-0.2, 0) is 13.1 Å². The largest absolute Gasteiger partial charge is 0.475 e. The van der Waals surface area contributed by atoms with Gasteiger partial charge in [-0.2, -0.15) is 0 Å². The van der Waals surface area contributed by atoms with Crippen LogP contribution >= 0.6 is 15.9 Å². The number of hydrogen-bond acceptors (Lipinski definition) is 5. The van der Waals surface area contributed by atoms with Crippen molar-refractivity contribution in [3.8, 4) is 5.75 Å².